The van der Waals surface area contributed by atoms with Crippen molar-refractivity contribution < 1.29 is 9.32 Å². The van der Waals surface area contributed by atoms with Gasteiger partial charge in [0.05, 0.1) is 5.69 Å². The van der Waals surface area contributed by atoms with Crippen LogP contribution in [0.25, 0.3) is 10.8 Å². The van der Waals surface area contributed by atoms with Crippen molar-refractivity contribution in [2.45, 2.75) is 20.3 Å². The highest BCUT2D eigenvalue weighted by molar-refractivity contribution is 5.91. The van der Waals surface area contributed by atoms with E-state index in [1.807, 2.05) is 18.2 Å². The summed E-state index contributed by atoms with van der Waals surface area (Å²) >= 11 is 0. The summed E-state index contributed by atoms with van der Waals surface area (Å²) in [5.41, 5.74) is 1.95. The first-order valence-corrected chi connectivity index (χ1v) is 8.22. The minimum absolute atomic E-state index is 0.125. The smallest absolute Gasteiger partial charge is 0.292 e. The lowest BCUT2D eigenvalue weighted by atomic mass is 10.0. The molecule has 124 valence electrons. The molecule has 0 saturated heterocycles. The summed E-state index contributed by atoms with van der Waals surface area (Å²) in [5.74, 6) is 0.589. The van der Waals surface area contributed by atoms with E-state index >= 15 is 0 Å². The van der Waals surface area contributed by atoms with Crippen molar-refractivity contribution in [3.05, 3.63) is 65.5 Å². The third-order valence-electron chi connectivity index (χ3n) is 4.01. The van der Waals surface area contributed by atoms with Crippen LogP contribution in [0.15, 0.2) is 53.1 Å². The van der Waals surface area contributed by atoms with Gasteiger partial charge in [-0.25, -0.2) is 0 Å². The third-order valence-corrected chi connectivity index (χ3v) is 4.01. The largest absolute Gasteiger partial charge is 0.351 e. The molecule has 2 aromatic carbocycles. The molecule has 4 nitrogen and oxygen atoms in total. The Labute approximate surface area is 142 Å². The van der Waals surface area contributed by atoms with Gasteiger partial charge in [0.15, 0.2) is 0 Å². The number of fused-ring (bicyclic) bond motifs is 1. The summed E-state index contributed by atoms with van der Waals surface area (Å²) in [4.78, 5) is 14.0. The maximum Gasteiger partial charge on any atom is 0.292 e. The van der Waals surface area contributed by atoms with E-state index in [0.29, 0.717) is 24.6 Å². The van der Waals surface area contributed by atoms with Crippen LogP contribution in [-0.2, 0) is 6.42 Å². The van der Waals surface area contributed by atoms with Crippen LogP contribution in [0, 0.1) is 5.92 Å². The fraction of sp³-hybridized carbons (Fsp3) is 0.300. The Bertz CT molecular complexity index is 846. The second-order valence-corrected chi connectivity index (χ2v) is 6.58. The second-order valence-electron chi connectivity index (χ2n) is 6.58. The standard InChI is InChI=1S/C20H22N2O2/c1-14(2)13-22(3)20(23)19-12-17(21-24-19)11-16-9-6-8-15-7-4-5-10-18(15)16/h4-10,12,14H,11,13H2,1-3H3. The molecule has 0 N–H and O–H groups in total. The number of nitrogens with zero attached hydrogens (tertiary/aromatic N) is 2. The Morgan fingerprint density at radius 3 is 2.71 bits per heavy atom. The van der Waals surface area contributed by atoms with Gasteiger partial charge in [-0.15, -0.1) is 0 Å². The summed E-state index contributed by atoms with van der Waals surface area (Å²) in [7, 11) is 1.79. The monoisotopic (exact) mass is 322 g/mol. The molecule has 0 unspecified atom stereocenters. The maximum absolute atomic E-state index is 12.4. The number of hydrogen-bond acceptors (Lipinski definition) is 3. The van der Waals surface area contributed by atoms with Gasteiger partial charge < -0.3 is 9.42 Å². The van der Waals surface area contributed by atoms with E-state index in [1.165, 1.54) is 16.3 Å². The number of amides is 1. The number of aromatic nitrogens is 1. The summed E-state index contributed by atoms with van der Waals surface area (Å²) in [6.07, 6.45) is 0.645. The average Bonchev–Trinajstić information content (AvgIpc) is 3.02. The molecule has 0 spiro atoms. The molecule has 0 radical (unpaired) electrons. The molecule has 3 rings (SSSR count). The molecular formula is C20H22N2O2. The molecule has 0 aliphatic heterocycles. The van der Waals surface area contributed by atoms with Gasteiger partial charge in [-0.05, 0) is 22.3 Å². The molecule has 1 aromatic heterocycles. The molecule has 3 aromatic rings. The molecule has 4 heteroatoms. The van der Waals surface area contributed by atoms with Crippen molar-refractivity contribution in [1.29, 1.82) is 0 Å². The highest BCUT2D eigenvalue weighted by Crippen LogP contribution is 2.21. The fourth-order valence-corrected chi connectivity index (χ4v) is 2.96. The fourth-order valence-electron chi connectivity index (χ4n) is 2.96. The first-order valence-electron chi connectivity index (χ1n) is 8.22. The summed E-state index contributed by atoms with van der Waals surface area (Å²) in [5, 5.41) is 6.48. The average molecular weight is 322 g/mol. The molecule has 24 heavy (non-hydrogen) atoms. The van der Waals surface area contributed by atoms with Crippen molar-refractivity contribution in [2.75, 3.05) is 13.6 Å². The van der Waals surface area contributed by atoms with Crippen molar-refractivity contribution in [3.8, 4) is 0 Å². The lowest BCUT2D eigenvalue weighted by molar-refractivity contribution is 0.0737. The first-order chi connectivity index (χ1) is 11.5. The van der Waals surface area contributed by atoms with Gasteiger partial charge in [-0.1, -0.05) is 61.5 Å². The van der Waals surface area contributed by atoms with Crippen LogP contribution in [0.1, 0.15) is 35.7 Å². The van der Waals surface area contributed by atoms with Crippen LogP contribution < -0.4 is 0 Å². The van der Waals surface area contributed by atoms with Crippen molar-refractivity contribution in [2.24, 2.45) is 5.92 Å². The van der Waals surface area contributed by atoms with E-state index in [0.717, 1.165) is 5.69 Å². The Balaban J connectivity index is 1.80. The van der Waals surface area contributed by atoms with Crippen LogP contribution in [0.5, 0.6) is 0 Å². The van der Waals surface area contributed by atoms with E-state index < -0.39 is 0 Å². The highest BCUT2D eigenvalue weighted by Gasteiger charge is 2.18. The number of carbonyl (C=O) groups excluding carboxylic acids is 1. The van der Waals surface area contributed by atoms with Crippen LogP contribution in [0.2, 0.25) is 0 Å². The molecule has 0 fully saturated rings. The van der Waals surface area contributed by atoms with Crippen LogP contribution in [-0.4, -0.2) is 29.6 Å². The highest BCUT2D eigenvalue weighted by atomic mass is 16.5. The van der Waals surface area contributed by atoms with Crippen molar-refractivity contribution >= 4 is 16.7 Å². The molecule has 0 saturated carbocycles. The van der Waals surface area contributed by atoms with Gasteiger partial charge >= 0.3 is 0 Å². The molecule has 1 amide bonds. The zero-order chi connectivity index (χ0) is 17.1. The number of rotatable bonds is 5. The maximum atomic E-state index is 12.4. The van der Waals surface area contributed by atoms with Gasteiger partial charge in [0.1, 0.15) is 0 Å². The van der Waals surface area contributed by atoms with Crippen LogP contribution in [0.3, 0.4) is 0 Å². The zero-order valence-corrected chi connectivity index (χ0v) is 14.3. The number of benzene rings is 2. The summed E-state index contributed by atoms with van der Waals surface area (Å²) in [6, 6.07) is 16.2. The Morgan fingerprint density at radius 1 is 1.17 bits per heavy atom. The van der Waals surface area contributed by atoms with E-state index in [-0.39, 0.29) is 5.91 Å². The van der Waals surface area contributed by atoms with E-state index in [2.05, 4.69) is 43.3 Å². The molecule has 0 atom stereocenters. The van der Waals surface area contributed by atoms with Gasteiger partial charge in [-0.2, -0.15) is 0 Å². The van der Waals surface area contributed by atoms with Crippen molar-refractivity contribution in [3.63, 3.8) is 0 Å². The molecule has 0 aliphatic rings. The quantitative estimate of drug-likeness (QED) is 0.709. The van der Waals surface area contributed by atoms with Gasteiger partial charge in [-0.3, -0.25) is 4.79 Å². The SMILES string of the molecule is CC(C)CN(C)C(=O)c1cc(Cc2cccc3ccccc23)no1. The summed E-state index contributed by atoms with van der Waals surface area (Å²) < 4.78 is 5.27. The van der Waals surface area contributed by atoms with Gasteiger partial charge in [0.25, 0.3) is 5.91 Å². The molecule has 1 heterocycles. The predicted molar refractivity (Wildman–Crippen MR) is 95.1 cm³/mol. The number of carbonyl (C=O) groups is 1. The normalized spacial score (nSPS) is 11.2. The topological polar surface area (TPSA) is 46.3 Å². The Morgan fingerprint density at radius 2 is 1.92 bits per heavy atom. The Hall–Kier alpha value is -2.62. The minimum Gasteiger partial charge on any atom is -0.351 e. The van der Waals surface area contributed by atoms with E-state index in [4.69, 9.17) is 4.52 Å². The molecule has 0 bridgehead atoms. The summed E-state index contributed by atoms with van der Waals surface area (Å²) in [6.45, 7) is 4.85. The lowest BCUT2D eigenvalue weighted by Gasteiger charge is -2.17. The second kappa shape index (κ2) is 6.87. The van der Waals surface area contributed by atoms with E-state index in [9.17, 15) is 4.79 Å². The van der Waals surface area contributed by atoms with Gasteiger partial charge in [0.2, 0.25) is 5.76 Å². The Kier molecular flexibility index (Phi) is 4.65. The van der Waals surface area contributed by atoms with Crippen molar-refractivity contribution in [1.82, 2.24) is 10.1 Å². The lowest BCUT2D eigenvalue weighted by Crippen LogP contribution is -2.29. The van der Waals surface area contributed by atoms with E-state index in [1.54, 1.807) is 18.0 Å². The van der Waals surface area contributed by atoms with Gasteiger partial charge in [0, 0.05) is 26.1 Å². The van der Waals surface area contributed by atoms with Crippen LogP contribution >= 0.6 is 0 Å². The molecular weight excluding hydrogens is 300 g/mol. The first kappa shape index (κ1) is 16.2. The predicted octanol–water partition coefficient (Wildman–Crippen LogP) is 4.15. The minimum atomic E-state index is -0.125. The van der Waals surface area contributed by atoms with Crippen LogP contribution in [0.4, 0.5) is 0 Å². The molecule has 0 aliphatic carbocycles. The zero-order valence-electron chi connectivity index (χ0n) is 14.3. The number of hydrogen-bond donors (Lipinski definition) is 0. The third kappa shape index (κ3) is 3.48.